The van der Waals surface area contributed by atoms with E-state index in [0.29, 0.717) is 17.8 Å². The van der Waals surface area contributed by atoms with E-state index in [-0.39, 0.29) is 18.0 Å². The molecule has 1 unspecified atom stereocenters. The molecule has 2 aromatic rings. The van der Waals surface area contributed by atoms with Gasteiger partial charge in [0, 0.05) is 25.8 Å². The Kier molecular flexibility index (Phi) is 8.01. The van der Waals surface area contributed by atoms with Crippen molar-refractivity contribution in [2.75, 3.05) is 30.0 Å². The summed E-state index contributed by atoms with van der Waals surface area (Å²) in [5.74, 6) is 0.0456. The molecule has 170 valence electrons. The Balaban J connectivity index is 2.00. The minimum absolute atomic E-state index is 0.0606. The predicted molar refractivity (Wildman–Crippen MR) is 123 cm³/mol. The standard InChI is InChI=1S/C24H31N5O3/c1-16(2)15-29(20-8-10-32-11-9-20)22-6-4-18(17(3)12-24(30)31)13-21(22)26-23-7-5-19(14-25)27-28-23/h4-7,13,16-17,20H,8-12,15H2,1-3H3,(H,26,28)(H,30,31). The number of aliphatic carboxylic acids is 1. The van der Waals surface area contributed by atoms with Crippen molar-refractivity contribution in [3.05, 3.63) is 41.6 Å². The SMILES string of the molecule is CC(C)CN(c1ccc(C(C)CC(=O)O)cc1Nc1ccc(C#N)nn1)C1CCOCC1. The lowest BCUT2D eigenvalue weighted by Gasteiger charge is -2.38. The number of nitrogens with one attached hydrogen (secondary N) is 1. The van der Waals surface area contributed by atoms with Gasteiger partial charge in [-0.15, -0.1) is 10.2 Å². The van der Waals surface area contributed by atoms with Crippen LogP contribution in [-0.2, 0) is 9.53 Å². The number of ether oxygens (including phenoxy) is 1. The summed E-state index contributed by atoms with van der Waals surface area (Å²) in [7, 11) is 0. The van der Waals surface area contributed by atoms with Gasteiger partial charge in [0.15, 0.2) is 11.5 Å². The molecule has 0 amide bonds. The van der Waals surface area contributed by atoms with Gasteiger partial charge in [-0.25, -0.2) is 0 Å². The van der Waals surface area contributed by atoms with Gasteiger partial charge in [0.2, 0.25) is 0 Å². The Labute approximate surface area is 189 Å². The van der Waals surface area contributed by atoms with Crippen molar-refractivity contribution in [3.63, 3.8) is 0 Å². The smallest absolute Gasteiger partial charge is 0.303 e. The van der Waals surface area contributed by atoms with Gasteiger partial charge in [0.1, 0.15) is 6.07 Å². The second-order valence-electron chi connectivity index (χ2n) is 8.71. The molecule has 0 saturated carbocycles. The average Bonchev–Trinajstić information content (AvgIpc) is 2.78. The highest BCUT2D eigenvalue weighted by molar-refractivity contribution is 5.76. The number of benzene rings is 1. The molecule has 1 saturated heterocycles. The number of nitrogens with zero attached hydrogens (tertiary/aromatic N) is 4. The lowest BCUT2D eigenvalue weighted by molar-refractivity contribution is -0.137. The van der Waals surface area contributed by atoms with E-state index in [4.69, 9.17) is 10.00 Å². The third kappa shape index (κ3) is 6.17. The van der Waals surface area contributed by atoms with Gasteiger partial charge in [0.05, 0.1) is 17.8 Å². The molecular formula is C24H31N5O3. The molecular weight excluding hydrogens is 406 g/mol. The van der Waals surface area contributed by atoms with Crippen molar-refractivity contribution in [1.82, 2.24) is 10.2 Å². The highest BCUT2D eigenvalue weighted by Gasteiger charge is 2.25. The van der Waals surface area contributed by atoms with Gasteiger partial charge in [-0.3, -0.25) is 4.79 Å². The first-order valence-electron chi connectivity index (χ1n) is 11.1. The van der Waals surface area contributed by atoms with E-state index in [1.54, 1.807) is 12.1 Å². The van der Waals surface area contributed by atoms with Crippen molar-refractivity contribution >= 4 is 23.2 Å². The number of nitriles is 1. The van der Waals surface area contributed by atoms with Gasteiger partial charge < -0.3 is 20.1 Å². The van der Waals surface area contributed by atoms with Crippen LogP contribution in [0.1, 0.15) is 57.2 Å². The minimum Gasteiger partial charge on any atom is -0.481 e. The molecule has 0 aliphatic carbocycles. The number of hydrogen-bond acceptors (Lipinski definition) is 7. The van der Waals surface area contributed by atoms with Crippen molar-refractivity contribution in [3.8, 4) is 6.07 Å². The monoisotopic (exact) mass is 437 g/mol. The van der Waals surface area contributed by atoms with Gasteiger partial charge in [-0.2, -0.15) is 5.26 Å². The Morgan fingerprint density at radius 1 is 1.25 bits per heavy atom. The number of carboxylic acids is 1. The Morgan fingerprint density at radius 3 is 2.59 bits per heavy atom. The summed E-state index contributed by atoms with van der Waals surface area (Å²) in [4.78, 5) is 13.7. The van der Waals surface area contributed by atoms with Crippen LogP contribution in [0.4, 0.5) is 17.2 Å². The summed E-state index contributed by atoms with van der Waals surface area (Å²) in [5, 5.41) is 29.6. The molecule has 1 aromatic heterocycles. The molecule has 2 N–H and O–H groups in total. The fourth-order valence-electron chi connectivity index (χ4n) is 4.02. The van der Waals surface area contributed by atoms with Crippen LogP contribution in [0.25, 0.3) is 0 Å². The van der Waals surface area contributed by atoms with Crippen LogP contribution in [-0.4, -0.2) is 47.1 Å². The normalized spacial score (nSPS) is 15.2. The summed E-state index contributed by atoms with van der Waals surface area (Å²) < 4.78 is 5.58. The van der Waals surface area contributed by atoms with Gasteiger partial charge in [-0.1, -0.05) is 26.8 Å². The molecule has 8 heteroatoms. The zero-order valence-electron chi connectivity index (χ0n) is 18.9. The third-order valence-electron chi connectivity index (χ3n) is 5.62. The first kappa shape index (κ1) is 23.5. The highest BCUT2D eigenvalue weighted by atomic mass is 16.5. The number of carbonyl (C=O) groups is 1. The first-order chi connectivity index (χ1) is 15.4. The van der Waals surface area contributed by atoms with Gasteiger partial charge >= 0.3 is 5.97 Å². The van der Waals surface area contributed by atoms with Crippen LogP contribution in [0.2, 0.25) is 0 Å². The Hall–Kier alpha value is -3.18. The van der Waals surface area contributed by atoms with Crippen molar-refractivity contribution in [2.24, 2.45) is 5.92 Å². The summed E-state index contributed by atoms with van der Waals surface area (Å²) >= 11 is 0. The molecule has 0 radical (unpaired) electrons. The third-order valence-corrected chi connectivity index (χ3v) is 5.62. The van der Waals surface area contributed by atoms with Crippen LogP contribution >= 0.6 is 0 Å². The largest absolute Gasteiger partial charge is 0.481 e. The van der Waals surface area contributed by atoms with E-state index in [1.165, 1.54) is 0 Å². The van der Waals surface area contributed by atoms with Crippen molar-refractivity contribution < 1.29 is 14.6 Å². The van der Waals surface area contributed by atoms with Crippen LogP contribution in [0, 0.1) is 17.2 Å². The second-order valence-corrected chi connectivity index (χ2v) is 8.71. The summed E-state index contributed by atoms with van der Waals surface area (Å²) in [5.41, 5.74) is 3.09. The summed E-state index contributed by atoms with van der Waals surface area (Å²) in [6.07, 6.45) is 1.98. The number of anilines is 3. The fraction of sp³-hybridized carbons (Fsp3) is 0.500. The predicted octanol–water partition coefficient (Wildman–Crippen LogP) is 4.31. The Morgan fingerprint density at radius 2 is 2.00 bits per heavy atom. The van der Waals surface area contributed by atoms with E-state index in [1.807, 2.05) is 25.1 Å². The molecule has 1 aliphatic rings. The average molecular weight is 438 g/mol. The molecule has 2 heterocycles. The molecule has 0 bridgehead atoms. The Bertz CT molecular complexity index is 949. The van der Waals surface area contributed by atoms with Crippen molar-refractivity contribution in [1.29, 1.82) is 5.26 Å². The maximum Gasteiger partial charge on any atom is 0.303 e. The molecule has 1 aromatic carbocycles. The van der Waals surface area contributed by atoms with Crippen LogP contribution in [0.3, 0.4) is 0 Å². The molecule has 3 rings (SSSR count). The van der Waals surface area contributed by atoms with Gasteiger partial charge in [0.25, 0.3) is 0 Å². The van der Waals surface area contributed by atoms with Crippen LogP contribution in [0.5, 0.6) is 0 Å². The van der Waals surface area contributed by atoms with E-state index in [2.05, 4.69) is 40.3 Å². The van der Waals surface area contributed by atoms with Crippen molar-refractivity contribution in [2.45, 2.75) is 52.0 Å². The topological polar surface area (TPSA) is 111 Å². The van der Waals surface area contributed by atoms with E-state index in [9.17, 15) is 9.90 Å². The zero-order chi connectivity index (χ0) is 23.1. The molecule has 1 aliphatic heterocycles. The van der Waals surface area contributed by atoms with E-state index >= 15 is 0 Å². The first-order valence-corrected chi connectivity index (χ1v) is 11.1. The van der Waals surface area contributed by atoms with Crippen LogP contribution < -0.4 is 10.2 Å². The van der Waals surface area contributed by atoms with Gasteiger partial charge in [-0.05, 0) is 54.5 Å². The van der Waals surface area contributed by atoms with E-state index in [0.717, 1.165) is 49.5 Å². The zero-order valence-corrected chi connectivity index (χ0v) is 18.9. The fourth-order valence-corrected chi connectivity index (χ4v) is 4.02. The molecule has 1 atom stereocenters. The molecule has 8 nitrogen and oxygen atoms in total. The number of hydrogen-bond donors (Lipinski definition) is 2. The molecule has 1 fully saturated rings. The van der Waals surface area contributed by atoms with E-state index < -0.39 is 5.97 Å². The number of rotatable bonds is 9. The lowest BCUT2D eigenvalue weighted by atomic mass is 9.95. The number of aromatic nitrogens is 2. The molecule has 32 heavy (non-hydrogen) atoms. The summed E-state index contributed by atoms with van der Waals surface area (Å²) in [6, 6.07) is 11.8. The number of carboxylic acid groups (broad SMARTS) is 1. The summed E-state index contributed by atoms with van der Waals surface area (Å²) in [6.45, 7) is 8.71. The maximum atomic E-state index is 11.2. The maximum absolute atomic E-state index is 11.2. The molecule has 0 spiro atoms. The lowest BCUT2D eigenvalue weighted by Crippen LogP contribution is -2.42. The quantitative estimate of drug-likeness (QED) is 0.597. The second kappa shape index (κ2) is 10.9. The minimum atomic E-state index is -0.822. The highest BCUT2D eigenvalue weighted by Crippen LogP contribution is 2.35. The van der Waals surface area contributed by atoms with Crippen LogP contribution in [0.15, 0.2) is 30.3 Å².